The van der Waals surface area contributed by atoms with Crippen LogP contribution in [0, 0.1) is 0 Å². The van der Waals surface area contributed by atoms with Crippen molar-refractivity contribution in [3.05, 3.63) is 29.8 Å². The average molecular weight is 295 g/mol. The number of rotatable bonds is 7. The van der Waals surface area contributed by atoms with Crippen molar-refractivity contribution in [2.75, 3.05) is 6.61 Å². The van der Waals surface area contributed by atoms with Gasteiger partial charge in [-0.3, -0.25) is 4.79 Å². The first kappa shape index (κ1) is 17.5. The second kappa shape index (κ2) is 7.43. The second-order valence-corrected chi connectivity index (χ2v) is 6.05. The SMILES string of the molecule is CCOc1ccc(C(O)C(CC(=O)O)NC(C)(C)C)cc1. The molecule has 1 aromatic rings. The second-order valence-electron chi connectivity index (χ2n) is 6.05. The molecule has 2 atom stereocenters. The summed E-state index contributed by atoms with van der Waals surface area (Å²) in [6.45, 7) is 8.29. The fourth-order valence-electron chi connectivity index (χ4n) is 2.15. The van der Waals surface area contributed by atoms with Gasteiger partial charge in [-0.15, -0.1) is 0 Å². The van der Waals surface area contributed by atoms with Crippen molar-refractivity contribution in [1.82, 2.24) is 5.32 Å². The lowest BCUT2D eigenvalue weighted by Crippen LogP contribution is -2.47. The van der Waals surface area contributed by atoms with Crippen molar-refractivity contribution >= 4 is 5.97 Å². The minimum Gasteiger partial charge on any atom is -0.494 e. The van der Waals surface area contributed by atoms with Crippen LogP contribution in [0.3, 0.4) is 0 Å². The van der Waals surface area contributed by atoms with Crippen LogP contribution in [-0.2, 0) is 4.79 Å². The lowest BCUT2D eigenvalue weighted by Gasteiger charge is -2.31. The number of hydrogen-bond acceptors (Lipinski definition) is 4. The monoisotopic (exact) mass is 295 g/mol. The van der Waals surface area contributed by atoms with Crippen molar-refractivity contribution in [3.63, 3.8) is 0 Å². The number of nitrogens with one attached hydrogen (secondary N) is 1. The molecule has 1 aromatic carbocycles. The van der Waals surface area contributed by atoms with Gasteiger partial charge in [0.15, 0.2) is 0 Å². The van der Waals surface area contributed by atoms with Gasteiger partial charge in [-0.1, -0.05) is 12.1 Å². The van der Waals surface area contributed by atoms with Crippen LogP contribution in [0.2, 0.25) is 0 Å². The highest BCUT2D eigenvalue weighted by molar-refractivity contribution is 5.67. The maximum Gasteiger partial charge on any atom is 0.305 e. The zero-order valence-corrected chi connectivity index (χ0v) is 13.1. The number of benzene rings is 1. The predicted octanol–water partition coefficient (Wildman–Crippen LogP) is 2.35. The molecule has 118 valence electrons. The minimum atomic E-state index is -0.943. The zero-order valence-electron chi connectivity index (χ0n) is 13.1. The number of carboxylic acids is 1. The summed E-state index contributed by atoms with van der Waals surface area (Å²) in [5, 5.41) is 22.6. The van der Waals surface area contributed by atoms with Gasteiger partial charge in [-0.05, 0) is 45.4 Å². The highest BCUT2D eigenvalue weighted by Gasteiger charge is 2.27. The summed E-state index contributed by atoms with van der Waals surface area (Å²) in [7, 11) is 0. The largest absolute Gasteiger partial charge is 0.494 e. The molecule has 5 nitrogen and oxygen atoms in total. The highest BCUT2D eigenvalue weighted by Crippen LogP contribution is 2.23. The number of aliphatic hydroxyl groups is 1. The van der Waals surface area contributed by atoms with Gasteiger partial charge in [0, 0.05) is 11.6 Å². The van der Waals surface area contributed by atoms with Crippen molar-refractivity contribution in [3.8, 4) is 5.75 Å². The summed E-state index contributed by atoms with van der Waals surface area (Å²) in [4.78, 5) is 11.0. The molecule has 21 heavy (non-hydrogen) atoms. The van der Waals surface area contributed by atoms with E-state index in [1.54, 1.807) is 24.3 Å². The van der Waals surface area contributed by atoms with Gasteiger partial charge < -0.3 is 20.3 Å². The molecule has 2 unspecified atom stereocenters. The van der Waals surface area contributed by atoms with Crippen molar-refractivity contribution < 1.29 is 19.7 Å². The first-order valence-electron chi connectivity index (χ1n) is 7.13. The first-order chi connectivity index (χ1) is 9.73. The molecule has 1 rings (SSSR count). The summed E-state index contributed by atoms with van der Waals surface area (Å²) in [6.07, 6.45) is -1.04. The zero-order chi connectivity index (χ0) is 16.0. The molecular formula is C16H25NO4. The topological polar surface area (TPSA) is 78.8 Å². The molecule has 0 aliphatic heterocycles. The van der Waals surface area contributed by atoms with Crippen LogP contribution in [0.5, 0.6) is 5.75 Å². The Labute approximate surface area is 125 Å². The van der Waals surface area contributed by atoms with Crippen molar-refractivity contribution in [2.45, 2.75) is 51.8 Å². The van der Waals surface area contributed by atoms with E-state index in [1.165, 1.54) is 0 Å². The Kier molecular flexibility index (Phi) is 6.18. The molecule has 0 saturated carbocycles. The third-order valence-electron chi connectivity index (χ3n) is 2.93. The molecule has 0 bridgehead atoms. The summed E-state index contributed by atoms with van der Waals surface area (Å²) >= 11 is 0. The number of aliphatic carboxylic acids is 1. The highest BCUT2D eigenvalue weighted by atomic mass is 16.5. The summed E-state index contributed by atoms with van der Waals surface area (Å²) in [5.74, 6) is -0.214. The Bertz CT molecular complexity index is 450. The van der Waals surface area contributed by atoms with E-state index in [0.29, 0.717) is 12.2 Å². The van der Waals surface area contributed by atoms with Crippen LogP contribution in [-0.4, -0.2) is 34.4 Å². The minimum absolute atomic E-state index is 0.147. The standard InChI is InChI=1S/C16H25NO4/c1-5-21-12-8-6-11(7-9-12)15(20)13(10-14(18)19)17-16(2,3)4/h6-9,13,15,17,20H,5,10H2,1-4H3,(H,18,19). The Hall–Kier alpha value is -1.59. The molecule has 0 spiro atoms. The van der Waals surface area contributed by atoms with Crippen LogP contribution in [0.1, 0.15) is 45.8 Å². The predicted molar refractivity (Wildman–Crippen MR) is 81.5 cm³/mol. The van der Waals surface area contributed by atoms with E-state index in [2.05, 4.69) is 5.32 Å². The molecular weight excluding hydrogens is 270 g/mol. The molecule has 0 fully saturated rings. The Morgan fingerprint density at radius 2 is 1.86 bits per heavy atom. The average Bonchev–Trinajstić information content (AvgIpc) is 2.36. The summed E-state index contributed by atoms with van der Waals surface area (Å²) in [6, 6.07) is 6.51. The Balaban J connectivity index is 2.87. The van der Waals surface area contributed by atoms with E-state index in [0.717, 1.165) is 5.75 Å². The number of carboxylic acid groups (broad SMARTS) is 1. The maximum absolute atomic E-state index is 11.0. The van der Waals surface area contributed by atoms with Crippen LogP contribution >= 0.6 is 0 Å². The Morgan fingerprint density at radius 3 is 2.29 bits per heavy atom. The van der Waals surface area contributed by atoms with Crippen LogP contribution < -0.4 is 10.1 Å². The molecule has 0 aromatic heterocycles. The van der Waals surface area contributed by atoms with Crippen LogP contribution in [0.25, 0.3) is 0 Å². The third kappa shape index (κ3) is 6.14. The maximum atomic E-state index is 11.0. The fraction of sp³-hybridized carbons (Fsp3) is 0.562. The van der Waals surface area contributed by atoms with Gasteiger partial charge in [0.1, 0.15) is 5.75 Å². The molecule has 3 N–H and O–H groups in total. The number of aliphatic hydroxyl groups excluding tert-OH is 1. The van der Waals surface area contributed by atoms with E-state index >= 15 is 0 Å². The number of carbonyl (C=O) groups is 1. The molecule has 0 amide bonds. The first-order valence-corrected chi connectivity index (χ1v) is 7.13. The van der Waals surface area contributed by atoms with Crippen LogP contribution in [0.15, 0.2) is 24.3 Å². The van der Waals surface area contributed by atoms with Gasteiger partial charge >= 0.3 is 5.97 Å². The fourth-order valence-corrected chi connectivity index (χ4v) is 2.15. The Morgan fingerprint density at radius 1 is 1.29 bits per heavy atom. The van der Waals surface area contributed by atoms with Gasteiger partial charge in [-0.2, -0.15) is 0 Å². The van der Waals surface area contributed by atoms with E-state index < -0.39 is 18.1 Å². The molecule has 0 aliphatic carbocycles. The quantitative estimate of drug-likeness (QED) is 0.719. The molecule has 0 saturated heterocycles. The van der Waals surface area contributed by atoms with Crippen LogP contribution in [0.4, 0.5) is 0 Å². The van der Waals surface area contributed by atoms with Crippen molar-refractivity contribution in [2.24, 2.45) is 0 Å². The van der Waals surface area contributed by atoms with E-state index in [-0.39, 0.29) is 12.0 Å². The number of ether oxygens (including phenoxy) is 1. The number of hydrogen-bond donors (Lipinski definition) is 3. The lowest BCUT2D eigenvalue weighted by atomic mass is 9.96. The van der Waals surface area contributed by atoms with Gasteiger partial charge in [-0.25, -0.2) is 0 Å². The van der Waals surface area contributed by atoms with E-state index in [1.807, 2.05) is 27.7 Å². The molecule has 5 heteroatoms. The molecule has 0 radical (unpaired) electrons. The van der Waals surface area contributed by atoms with Gasteiger partial charge in [0.05, 0.1) is 19.1 Å². The lowest BCUT2D eigenvalue weighted by molar-refractivity contribution is -0.138. The van der Waals surface area contributed by atoms with E-state index in [4.69, 9.17) is 9.84 Å². The van der Waals surface area contributed by atoms with Gasteiger partial charge in [0.25, 0.3) is 0 Å². The van der Waals surface area contributed by atoms with Crippen molar-refractivity contribution in [1.29, 1.82) is 0 Å². The molecule has 0 aliphatic rings. The molecule has 0 heterocycles. The summed E-state index contributed by atoms with van der Waals surface area (Å²) in [5.41, 5.74) is 0.383. The summed E-state index contributed by atoms with van der Waals surface area (Å²) < 4.78 is 5.35. The van der Waals surface area contributed by atoms with E-state index in [9.17, 15) is 9.90 Å². The van der Waals surface area contributed by atoms with Gasteiger partial charge in [0.2, 0.25) is 0 Å². The smallest absolute Gasteiger partial charge is 0.305 e. The third-order valence-corrected chi connectivity index (χ3v) is 2.93. The normalized spacial score (nSPS) is 14.5.